The number of anilines is 1. The summed E-state index contributed by atoms with van der Waals surface area (Å²) in [5.74, 6) is -1.45. The Labute approximate surface area is 207 Å². The lowest BCUT2D eigenvalue weighted by atomic mass is 9.94. The summed E-state index contributed by atoms with van der Waals surface area (Å²) < 4.78 is 10.7. The number of amides is 1. The second kappa shape index (κ2) is 9.91. The molecule has 184 valence electrons. The Kier molecular flexibility index (Phi) is 6.73. The Morgan fingerprint density at radius 2 is 1.69 bits per heavy atom. The number of nitro groups is 1. The molecule has 0 saturated carbocycles. The summed E-state index contributed by atoms with van der Waals surface area (Å²) in [5.41, 5.74) is 1.65. The molecule has 1 unspecified atom stereocenters. The Morgan fingerprint density at radius 3 is 2.31 bits per heavy atom. The number of hydrogen-bond donors (Lipinski definition) is 1. The molecular weight excluding hydrogens is 464 g/mol. The molecule has 4 rings (SSSR count). The van der Waals surface area contributed by atoms with Crippen LogP contribution in [0.5, 0.6) is 11.5 Å². The molecule has 0 aliphatic carbocycles. The number of ether oxygens (including phenoxy) is 2. The number of non-ortho nitro benzene ring substituents is 1. The number of methoxy groups -OCH3 is 2. The van der Waals surface area contributed by atoms with Crippen LogP contribution in [0.2, 0.25) is 0 Å². The number of nitrogens with zero attached hydrogens (tertiary/aromatic N) is 2. The molecule has 0 bridgehead atoms. The van der Waals surface area contributed by atoms with E-state index in [4.69, 9.17) is 9.47 Å². The molecule has 3 aromatic rings. The average molecular weight is 488 g/mol. The number of aliphatic hydroxyl groups excluding tert-OH is 1. The molecule has 3 aromatic carbocycles. The van der Waals surface area contributed by atoms with Gasteiger partial charge in [-0.1, -0.05) is 43.3 Å². The molecule has 0 radical (unpaired) electrons. The van der Waals surface area contributed by atoms with Crippen LogP contribution in [0.3, 0.4) is 0 Å². The van der Waals surface area contributed by atoms with Gasteiger partial charge in [-0.15, -0.1) is 0 Å². The summed E-state index contributed by atoms with van der Waals surface area (Å²) in [6.45, 7) is 2.01. The molecule has 1 N–H and O–H groups in total. The fourth-order valence-electron chi connectivity index (χ4n) is 4.25. The van der Waals surface area contributed by atoms with E-state index in [1.165, 1.54) is 37.3 Å². The van der Waals surface area contributed by atoms with Crippen LogP contribution in [0, 0.1) is 10.1 Å². The molecule has 1 aliphatic heterocycles. The van der Waals surface area contributed by atoms with E-state index in [9.17, 15) is 24.8 Å². The molecular formula is C27H24N2O7. The maximum Gasteiger partial charge on any atom is 0.300 e. The molecule has 1 amide bonds. The molecule has 0 aromatic heterocycles. The first-order valence-corrected chi connectivity index (χ1v) is 11.2. The third kappa shape index (κ3) is 4.26. The molecule has 36 heavy (non-hydrogen) atoms. The van der Waals surface area contributed by atoms with E-state index in [0.717, 1.165) is 18.1 Å². The fraction of sp³-hybridized carbons (Fsp3) is 0.185. The number of Topliss-reactive ketones (excluding diaryl/α,β-unsaturated/α-hetero) is 1. The summed E-state index contributed by atoms with van der Waals surface area (Å²) in [7, 11) is 2.94. The van der Waals surface area contributed by atoms with Crippen LogP contribution in [0.25, 0.3) is 5.76 Å². The zero-order valence-electron chi connectivity index (χ0n) is 19.9. The van der Waals surface area contributed by atoms with Gasteiger partial charge in [-0.2, -0.15) is 0 Å². The van der Waals surface area contributed by atoms with Crippen molar-refractivity contribution in [3.05, 3.63) is 99.1 Å². The first-order chi connectivity index (χ1) is 17.3. The highest BCUT2D eigenvalue weighted by Gasteiger charge is 2.47. The van der Waals surface area contributed by atoms with Gasteiger partial charge in [0, 0.05) is 29.4 Å². The standard InChI is InChI=1S/C27H24N2O7/c1-4-16-8-10-17(11-9-16)24-23(25(30)18-6-5-7-20(14-18)29(33)34)26(31)27(32)28(24)19-12-13-21(35-2)22(15-19)36-3/h5-15,24,30H,4H2,1-3H3/b25-23+. The Hall–Kier alpha value is -4.66. The summed E-state index contributed by atoms with van der Waals surface area (Å²) >= 11 is 0. The molecule has 1 aliphatic rings. The van der Waals surface area contributed by atoms with E-state index >= 15 is 0 Å². The zero-order chi connectivity index (χ0) is 26.0. The highest BCUT2D eigenvalue weighted by Crippen LogP contribution is 2.44. The molecule has 1 saturated heterocycles. The van der Waals surface area contributed by atoms with Crippen LogP contribution in [-0.2, 0) is 16.0 Å². The maximum atomic E-state index is 13.3. The van der Waals surface area contributed by atoms with E-state index in [-0.39, 0.29) is 16.8 Å². The van der Waals surface area contributed by atoms with Crippen molar-refractivity contribution < 1.29 is 29.1 Å². The molecule has 1 atom stereocenters. The van der Waals surface area contributed by atoms with Gasteiger partial charge in [0.1, 0.15) is 5.76 Å². The van der Waals surface area contributed by atoms with Crippen LogP contribution in [0.1, 0.15) is 29.7 Å². The second-order valence-corrected chi connectivity index (χ2v) is 8.11. The number of carbonyl (C=O) groups excluding carboxylic acids is 2. The SMILES string of the molecule is CCc1ccc(C2/C(=C(\O)c3cccc([N+](=O)[O-])c3)C(=O)C(=O)N2c2ccc(OC)c(OC)c2)cc1. The number of carbonyl (C=O) groups is 2. The Balaban J connectivity index is 1.94. The highest BCUT2D eigenvalue weighted by molar-refractivity contribution is 6.51. The van der Waals surface area contributed by atoms with Crippen LogP contribution in [0.4, 0.5) is 11.4 Å². The Morgan fingerprint density at radius 1 is 1.00 bits per heavy atom. The van der Waals surface area contributed by atoms with E-state index < -0.39 is 28.4 Å². The number of rotatable bonds is 7. The predicted molar refractivity (Wildman–Crippen MR) is 133 cm³/mol. The van der Waals surface area contributed by atoms with E-state index in [2.05, 4.69) is 0 Å². The molecule has 9 heteroatoms. The van der Waals surface area contributed by atoms with Crippen LogP contribution in [-0.4, -0.2) is 35.9 Å². The molecule has 9 nitrogen and oxygen atoms in total. The van der Waals surface area contributed by atoms with E-state index in [0.29, 0.717) is 22.7 Å². The maximum absolute atomic E-state index is 13.3. The molecule has 1 heterocycles. The lowest BCUT2D eigenvalue weighted by Crippen LogP contribution is -2.29. The van der Waals surface area contributed by atoms with Crippen molar-refractivity contribution in [1.29, 1.82) is 0 Å². The van der Waals surface area contributed by atoms with Crippen molar-refractivity contribution in [3.8, 4) is 11.5 Å². The topological polar surface area (TPSA) is 119 Å². The smallest absolute Gasteiger partial charge is 0.300 e. The third-order valence-electron chi connectivity index (χ3n) is 6.12. The van der Waals surface area contributed by atoms with Crippen molar-refractivity contribution in [2.75, 3.05) is 19.1 Å². The zero-order valence-corrected chi connectivity index (χ0v) is 19.9. The number of benzene rings is 3. The minimum Gasteiger partial charge on any atom is -0.507 e. The van der Waals surface area contributed by atoms with Crippen molar-refractivity contribution in [3.63, 3.8) is 0 Å². The van der Waals surface area contributed by atoms with Gasteiger partial charge in [-0.05, 0) is 29.7 Å². The summed E-state index contributed by atoms with van der Waals surface area (Å²) in [4.78, 5) is 38.6. The van der Waals surface area contributed by atoms with Gasteiger partial charge < -0.3 is 14.6 Å². The second-order valence-electron chi connectivity index (χ2n) is 8.11. The number of ketones is 1. The van der Waals surface area contributed by atoms with Crippen molar-refractivity contribution in [1.82, 2.24) is 0 Å². The number of aryl methyl sites for hydroxylation is 1. The van der Waals surface area contributed by atoms with Gasteiger partial charge in [0.15, 0.2) is 11.5 Å². The van der Waals surface area contributed by atoms with Gasteiger partial charge >= 0.3 is 0 Å². The highest BCUT2D eigenvalue weighted by atomic mass is 16.6. The fourth-order valence-corrected chi connectivity index (χ4v) is 4.25. The molecule has 1 fully saturated rings. The monoisotopic (exact) mass is 488 g/mol. The quantitative estimate of drug-likeness (QED) is 0.167. The van der Waals surface area contributed by atoms with Crippen LogP contribution >= 0.6 is 0 Å². The Bertz CT molecular complexity index is 1380. The van der Waals surface area contributed by atoms with Gasteiger partial charge in [0.25, 0.3) is 17.4 Å². The largest absolute Gasteiger partial charge is 0.507 e. The number of nitro benzene ring substituents is 1. The van der Waals surface area contributed by atoms with Gasteiger partial charge in [-0.3, -0.25) is 24.6 Å². The minimum atomic E-state index is -0.978. The van der Waals surface area contributed by atoms with Gasteiger partial charge in [0.2, 0.25) is 0 Å². The van der Waals surface area contributed by atoms with E-state index in [1.54, 1.807) is 30.3 Å². The lowest BCUT2D eigenvalue weighted by molar-refractivity contribution is -0.384. The van der Waals surface area contributed by atoms with Crippen LogP contribution in [0.15, 0.2) is 72.3 Å². The van der Waals surface area contributed by atoms with Gasteiger partial charge in [0.05, 0.1) is 30.8 Å². The van der Waals surface area contributed by atoms with Crippen molar-refractivity contribution >= 4 is 28.8 Å². The number of aliphatic hydroxyl groups is 1. The molecule has 0 spiro atoms. The lowest BCUT2D eigenvalue weighted by Gasteiger charge is -2.26. The average Bonchev–Trinajstić information content (AvgIpc) is 3.17. The van der Waals surface area contributed by atoms with Crippen molar-refractivity contribution in [2.24, 2.45) is 0 Å². The minimum absolute atomic E-state index is 0.0599. The number of hydrogen-bond acceptors (Lipinski definition) is 7. The predicted octanol–water partition coefficient (Wildman–Crippen LogP) is 4.80. The van der Waals surface area contributed by atoms with Gasteiger partial charge in [-0.25, -0.2) is 0 Å². The summed E-state index contributed by atoms with van der Waals surface area (Å²) in [6.07, 6.45) is 0.795. The summed E-state index contributed by atoms with van der Waals surface area (Å²) in [5, 5.41) is 22.5. The van der Waals surface area contributed by atoms with Crippen molar-refractivity contribution in [2.45, 2.75) is 19.4 Å². The van der Waals surface area contributed by atoms with E-state index in [1.807, 2.05) is 19.1 Å². The first kappa shape index (κ1) is 24.5. The van der Waals surface area contributed by atoms with Crippen LogP contribution < -0.4 is 14.4 Å². The third-order valence-corrected chi connectivity index (χ3v) is 6.12. The normalized spacial score (nSPS) is 16.8. The summed E-state index contributed by atoms with van der Waals surface area (Å²) in [6, 6.07) is 16.5. The first-order valence-electron chi connectivity index (χ1n) is 11.2.